The lowest BCUT2D eigenvalue weighted by Crippen LogP contribution is -2.33. The van der Waals surface area contributed by atoms with E-state index in [1.54, 1.807) is 13.8 Å². The molecular weight excluding hydrogens is 230 g/mol. The van der Waals surface area contributed by atoms with Gasteiger partial charge >= 0.3 is 5.97 Å². The van der Waals surface area contributed by atoms with Crippen molar-refractivity contribution >= 4 is 5.97 Å². The van der Waals surface area contributed by atoms with Gasteiger partial charge in [-0.15, -0.1) is 0 Å². The summed E-state index contributed by atoms with van der Waals surface area (Å²) in [6.45, 7) is 3.38. The highest BCUT2D eigenvalue weighted by Gasteiger charge is 2.40. The number of carbonyl (C=O) groups is 1. The molecule has 0 spiro atoms. The predicted molar refractivity (Wildman–Crippen MR) is 56.9 cm³/mol. The number of rotatable bonds is 5. The summed E-state index contributed by atoms with van der Waals surface area (Å²) in [7, 11) is 1.25. The van der Waals surface area contributed by atoms with E-state index in [1.165, 1.54) is 7.11 Å². The van der Waals surface area contributed by atoms with E-state index in [-0.39, 0.29) is 19.6 Å². The van der Waals surface area contributed by atoms with Crippen molar-refractivity contribution in [2.45, 2.75) is 32.2 Å². The summed E-state index contributed by atoms with van der Waals surface area (Å²) in [5.41, 5.74) is 0. The lowest BCUT2D eigenvalue weighted by Gasteiger charge is -2.20. The molecule has 1 saturated heterocycles. The molecule has 7 nitrogen and oxygen atoms in total. The molecule has 0 saturated carbocycles. The first-order valence-electron chi connectivity index (χ1n) is 5.34. The van der Waals surface area contributed by atoms with Crippen LogP contribution < -0.4 is 0 Å². The summed E-state index contributed by atoms with van der Waals surface area (Å²) in [5.74, 6) is -1.76. The van der Waals surface area contributed by atoms with Gasteiger partial charge in [-0.05, 0) is 13.8 Å². The molecule has 0 radical (unpaired) electrons. The monoisotopic (exact) mass is 247 g/mol. The average Bonchev–Trinajstić information content (AvgIpc) is 2.57. The molecule has 17 heavy (non-hydrogen) atoms. The molecule has 98 valence electrons. The van der Waals surface area contributed by atoms with E-state index < -0.39 is 28.7 Å². The van der Waals surface area contributed by atoms with Crippen LogP contribution in [-0.2, 0) is 19.0 Å². The molecule has 0 N–H and O–H groups in total. The van der Waals surface area contributed by atoms with E-state index in [1.807, 2.05) is 0 Å². The van der Waals surface area contributed by atoms with Crippen molar-refractivity contribution in [1.29, 1.82) is 0 Å². The Hall–Kier alpha value is -1.21. The van der Waals surface area contributed by atoms with Gasteiger partial charge in [0.05, 0.1) is 32.2 Å². The highest BCUT2D eigenvalue weighted by molar-refractivity contribution is 5.69. The third-order valence-corrected chi connectivity index (χ3v) is 2.60. The predicted octanol–water partition coefficient (Wildman–Crippen LogP) is 0.594. The van der Waals surface area contributed by atoms with Crippen LogP contribution in [0.1, 0.15) is 20.3 Å². The molecule has 1 aliphatic heterocycles. The van der Waals surface area contributed by atoms with E-state index in [2.05, 4.69) is 4.74 Å². The number of methoxy groups -OCH3 is 1. The highest BCUT2D eigenvalue weighted by atomic mass is 16.7. The minimum atomic E-state index is -0.754. The van der Waals surface area contributed by atoms with Gasteiger partial charge < -0.3 is 14.2 Å². The van der Waals surface area contributed by atoms with Crippen LogP contribution >= 0.6 is 0 Å². The van der Waals surface area contributed by atoms with Gasteiger partial charge in [0.25, 0.3) is 0 Å². The van der Waals surface area contributed by atoms with Crippen molar-refractivity contribution in [2.24, 2.45) is 5.92 Å². The van der Waals surface area contributed by atoms with Gasteiger partial charge in [-0.25, -0.2) is 0 Å². The summed E-state index contributed by atoms with van der Waals surface area (Å²) < 4.78 is 15.4. The standard InChI is InChI=1S/C10H17NO6/c1-10(2)16-6-8(17-10)7(5-11(13)14)4-9(12)15-3/h7-8H,4-6H2,1-3H3/t7-,8+/m1/s1. The molecule has 2 atom stereocenters. The second-order valence-corrected chi connectivity index (χ2v) is 4.42. The summed E-state index contributed by atoms with van der Waals surface area (Å²) in [5, 5.41) is 10.6. The Balaban J connectivity index is 2.63. The van der Waals surface area contributed by atoms with Crippen molar-refractivity contribution in [3.05, 3.63) is 10.1 Å². The average molecular weight is 247 g/mol. The Morgan fingerprint density at radius 2 is 2.29 bits per heavy atom. The zero-order valence-corrected chi connectivity index (χ0v) is 10.2. The number of hydrogen-bond acceptors (Lipinski definition) is 6. The minimum Gasteiger partial charge on any atom is -0.469 e. The fraction of sp³-hybridized carbons (Fsp3) is 0.900. The maximum absolute atomic E-state index is 11.2. The van der Waals surface area contributed by atoms with Crippen LogP contribution in [0.15, 0.2) is 0 Å². The molecule has 1 rings (SSSR count). The van der Waals surface area contributed by atoms with E-state index in [9.17, 15) is 14.9 Å². The fourth-order valence-corrected chi connectivity index (χ4v) is 1.75. The van der Waals surface area contributed by atoms with Crippen LogP contribution in [0.3, 0.4) is 0 Å². The molecule has 0 aromatic rings. The Morgan fingerprint density at radius 3 is 2.71 bits per heavy atom. The highest BCUT2D eigenvalue weighted by Crippen LogP contribution is 2.28. The number of esters is 1. The van der Waals surface area contributed by atoms with E-state index >= 15 is 0 Å². The molecule has 0 aromatic carbocycles. The molecule has 7 heteroatoms. The number of hydrogen-bond donors (Lipinski definition) is 0. The fourth-order valence-electron chi connectivity index (χ4n) is 1.75. The van der Waals surface area contributed by atoms with Gasteiger partial charge in [0, 0.05) is 4.92 Å². The molecule has 1 aliphatic rings. The van der Waals surface area contributed by atoms with Gasteiger partial charge in [-0.3, -0.25) is 14.9 Å². The molecular formula is C10H17NO6. The zero-order chi connectivity index (χ0) is 13.1. The zero-order valence-electron chi connectivity index (χ0n) is 10.2. The number of carbonyl (C=O) groups excluding carboxylic acids is 1. The molecule has 1 fully saturated rings. The number of nitro groups is 1. The molecule has 0 aliphatic carbocycles. The SMILES string of the molecule is COC(=O)C[C@H](C[N+](=O)[O-])[C@@H]1COC(C)(C)O1. The second-order valence-electron chi connectivity index (χ2n) is 4.42. The van der Waals surface area contributed by atoms with Gasteiger partial charge in [-0.2, -0.15) is 0 Å². The molecule has 0 aromatic heterocycles. The second kappa shape index (κ2) is 5.42. The van der Waals surface area contributed by atoms with Crippen molar-refractivity contribution < 1.29 is 23.9 Å². The van der Waals surface area contributed by atoms with E-state index in [0.29, 0.717) is 0 Å². The maximum Gasteiger partial charge on any atom is 0.306 e. The molecule has 0 amide bonds. The number of nitrogens with zero attached hydrogens (tertiary/aromatic N) is 1. The molecule has 0 unspecified atom stereocenters. The first kappa shape index (κ1) is 13.9. The Bertz CT molecular complexity index is 303. The first-order valence-corrected chi connectivity index (χ1v) is 5.34. The third kappa shape index (κ3) is 4.27. The minimum absolute atomic E-state index is 0.0401. The van der Waals surface area contributed by atoms with Crippen molar-refractivity contribution in [1.82, 2.24) is 0 Å². The normalized spacial score (nSPS) is 24.3. The lowest BCUT2D eigenvalue weighted by atomic mass is 9.99. The Kier molecular flexibility index (Phi) is 4.41. The van der Waals surface area contributed by atoms with E-state index in [0.717, 1.165) is 0 Å². The summed E-state index contributed by atoms with van der Waals surface area (Å²) in [6, 6.07) is 0. The van der Waals surface area contributed by atoms with Crippen molar-refractivity contribution in [2.75, 3.05) is 20.3 Å². The van der Waals surface area contributed by atoms with E-state index in [4.69, 9.17) is 9.47 Å². The Labute approximate surface area is 99.2 Å². The van der Waals surface area contributed by atoms with Gasteiger partial charge in [0.15, 0.2) is 5.79 Å². The smallest absolute Gasteiger partial charge is 0.306 e. The van der Waals surface area contributed by atoms with Crippen LogP contribution in [-0.4, -0.2) is 43.0 Å². The van der Waals surface area contributed by atoms with Crippen LogP contribution in [0.5, 0.6) is 0 Å². The van der Waals surface area contributed by atoms with Crippen LogP contribution in [0.25, 0.3) is 0 Å². The van der Waals surface area contributed by atoms with Gasteiger partial charge in [0.1, 0.15) is 0 Å². The van der Waals surface area contributed by atoms with Crippen LogP contribution in [0, 0.1) is 16.0 Å². The van der Waals surface area contributed by atoms with Crippen molar-refractivity contribution in [3.63, 3.8) is 0 Å². The third-order valence-electron chi connectivity index (χ3n) is 2.60. The van der Waals surface area contributed by atoms with Crippen LogP contribution in [0.4, 0.5) is 0 Å². The Morgan fingerprint density at radius 1 is 1.65 bits per heavy atom. The summed E-state index contributed by atoms with van der Waals surface area (Å²) in [6.07, 6.45) is -0.490. The lowest BCUT2D eigenvalue weighted by molar-refractivity contribution is -0.490. The molecule has 0 bridgehead atoms. The molecule has 1 heterocycles. The first-order chi connectivity index (χ1) is 7.84. The quantitative estimate of drug-likeness (QED) is 0.401. The maximum atomic E-state index is 11.2. The van der Waals surface area contributed by atoms with Gasteiger partial charge in [-0.1, -0.05) is 0 Å². The summed E-state index contributed by atoms with van der Waals surface area (Å²) >= 11 is 0. The number of ether oxygens (including phenoxy) is 3. The van der Waals surface area contributed by atoms with Crippen molar-refractivity contribution in [3.8, 4) is 0 Å². The largest absolute Gasteiger partial charge is 0.469 e. The topological polar surface area (TPSA) is 87.9 Å². The summed E-state index contributed by atoms with van der Waals surface area (Å²) in [4.78, 5) is 21.3. The van der Waals surface area contributed by atoms with Crippen LogP contribution in [0.2, 0.25) is 0 Å². The van der Waals surface area contributed by atoms with Gasteiger partial charge in [0.2, 0.25) is 6.54 Å².